The normalized spacial score (nSPS) is 13.5. The van der Waals surface area contributed by atoms with Crippen LogP contribution < -0.4 is 0 Å². The first-order valence-electron chi connectivity index (χ1n) is 15.1. The van der Waals surface area contributed by atoms with Crippen LogP contribution in [0.2, 0.25) is 0 Å². The predicted octanol–water partition coefficient (Wildman–Crippen LogP) is 11.6. The van der Waals surface area contributed by atoms with E-state index in [1.165, 1.54) is 64.2 Å². The monoisotopic (exact) mass is 480 g/mol. The highest BCUT2D eigenvalue weighted by atomic mass is 14.3. The van der Waals surface area contributed by atoms with E-state index in [0.29, 0.717) is 5.41 Å². The van der Waals surface area contributed by atoms with E-state index in [1.54, 1.807) is 33.4 Å². The van der Waals surface area contributed by atoms with Crippen molar-refractivity contribution in [1.82, 2.24) is 0 Å². The van der Waals surface area contributed by atoms with Gasteiger partial charge in [-0.3, -0.25) is 0 Å². The highest BCUT2D eigenvalue weighted by molar-refractivity contribution is 5.43. The summed E-state index contributed by atoms with van der Waals surface area (Å²) in [6.45, 7) is 23.8. The average Bonchev–Trinajstić information content (AvgIpc) is 2.80. The maximum Gasteiger partial charge on any atom is -0.0101 e. The number of aryl methyl sites for hydroxylation is 2. The summed E-state index contributed by atoms with van der Waals surface area (Å²) >= 11 is 0. The van der Waals surface area contributed by atoms with E-state index in [4.69, 9.17) is 0 Å². The van der Waals surface area contributed by atoms with Crippen molar-refractivity contribution in [1.29, 1.82) is 0 Å². The van der Waals surface area contributed by atoms with Crippen molar-refractivity contribution in [3.05, 3.63) is 57.7 Å². The van der Waals surface area contributed by atoms with Gasteiger partial charge in [0.15, 0.2) is 0 Å². The minimum Gasteiger partial charge on any atom is -0.0810 e. The van der Waals surface area contributed by atoms with Gasteiger partial charge in [0.05, 0.1) is 0 Å². The fourth-order valence-electron chi connectivity index (χ4n) is 5.90. The van der Waals surface area contributed by atoms with Gasteiger partial charge in [-0.1, -0.05) is 123 Å². The van der Waals surface area contributed by atoms with Gasteiger partial charge in [0.1, 0.15) is 0 Å². The van der Waals surface area contributed by atoms with Crippen molar-refractivity contribution in [2.75, 3.05) is 0 Å². The zero-order chi connectivity index (χ0) is 26.5. The number of hydrogen-bond acceptors (Lipinski definition) is 0. The molecule has 0 bridgehead atoms. The highest BCUT2D eigenvalue weighted by Crippen LogP contribution is 2.36. The Morgan fingerprint density at radius 3 is 2.03 bits per heavy atom. The molecular weight excluding hydrogens is 420 g/mol. The predicted molar refractivity (Wildman–Crippen MR) is 161 cm³/mol. The molecule has 200 valence electrons. The number of rotatable bonds is 17. The summed E-state index contributed by atoms with van der Waals surface area (Å²) in [5.41, 5.74) is 10.0. The lowest BCUT2D eigenvalue weighted by Crippen LogP contribution is -2.19. The third-order valence-electron chi connectivity index (χ3n) is 8.12. The second kappa shape index (κ2) is 15.7. The number of unbranched alkanes of at least 4 members (excludes halogenated alkanes) is 2. The topological polar surface area (TPSA) is 0 Å². The van der Waals surface area contributed by atoms with E-state index in [0.717, 1.165) is 19.3 Å². The lowest BCUT2D eigenvalue weighted by Gasteiger charge is -2.29. The van der Waals surface area contributed by atoms with Crippen molar-refractivity contribution in [2.45, 2.75) is 158 Å². The molecule has 0 aromatic heterocycles. The van der Waals surface area contributed by atoms with Gasteiger partial charge in [0.2, 0.25) is 0 Å². The second-order valence-corrected chi connectivity index (χ2v) is 12.2. The molecule has 0 heteroatoms. The molecule has 0 radical (unpaired) electrons. The molecule has 1 rings (SSSR count). The Hall–Kier alpha value is -1.30. The quantitative estimate of drug-likeness (QED) is 0.194. The van der Waals surface area contributed by atoms with Crippen molar-refractivity contribution in [3.63, 3.8) is 0 Å². The molecule has 0 aliphatic rings. The molecule has 0 spiro atoms. The van der Waals surface area contributed by atoms with Crippen LogP contribution in [0.1, 0.15) is 155 Å². The maximum absolute atomic E-state index is 2.58. The summed E-state index contributed by atoms with van der Waals surface area (Å²) < 4.78 is 0. The van der Waals surface area contributed by atoms with Gasteiger partial charge < -0.3 is 0 Å². The minimum atomic E-state index is 0.252. The smallest absolute Gasteiger partial charge is 0.0101 e. The van der Waals surface area contributed by atoms with Crippen LogP contribution in [0.3, 0.4) is 0 Å². The average molecular weight is 481 g/mol. The molecule has 0 N–H and O–H groups in total. The molecule has 35 heavy (non-hydrogen) atoms. The molecule has 0 nitrogen and oxygen atoms in total. The maximum atomic E-state index is 2.58. The zero-order valence-electron chi connectivity index (χ0n) is 25.5. The first-order valence-corrected chi connectivity index (χ1v) is 15.1. The van der Waals surface area contributed by atoms with Gasteiger partial charge in [-0.2, -0.15) is 0 Å². The number of hydrogen-bond donors (Lipinski definition) is 0. The standard InChI is InChI=1S/C35H60/c1-11-16-19-29(26-32(15-5)34(7,8)23-13-3)21-18-22-31-25-30(20-17-12-2)27-33(28(31)6)35(9,10)24-14-4/h21,25-27H,11-20,22-24H2,1-10H3/b29-21-,32-26+. The van der Waals surface area contributed by atoms with Crippen molar-refractivity contribution in [3.8, 4) is 0 Å². The zero-order valence-corrected chi connectivity index (χ0v) is 25.5. The first kappa shape index (κ1) is 31.7. The molecule has 0 aliphatic carbocycles. The number of benzene rings is 1. The molecule has 0 unspecified atom stereocenters. The fraction of sp³-hybridized carbons (Fsp3) is 0.714. The Balaban J connectivity index is 3.28. The molecule has 0 atom stereocenters. The molecule has 0 saturated heterocycles. The summed E-state index contributed by atoms with van der Waals surface area (Å²) in [5, 5.41) is 0. The molecule has 1 aromatic rings. The van der Waals surface area contributed by atoms with Gasteiger partial charge in [0.25, 0.3) is 0 Å². The van der Waals surface area contributed by atoms with Crippen LogP contribution in [0.25, 0.3) is 0 Å². The second-order valence-electron chi connectivity index (χ2n) is 12.2. The van der Waals surface area contributed by atoms with Crippen molar-refractivity contribution >= 4 is 0 Å². The van der Waals surface area contributed by atoms with Gasteiger partial charge in [-0.15, -0.1) is 0 Å². The van der Waals surface area contributed by atoms with Crippen LogP contribution in [0.4, 0.5) is 0 Å². The summed E-state index contributed by atoms with van der Waals surface area (Å²) in [7, 11) is 0. The van der Waals surface area contributed by atoms with E-state index in [-0.39, 0.29) is 5.41 Å². The first-order chi connectivity index (χ1) is 16.6. The van der Waals surface area contributed by atoms with Crippen LogP contribution in [0, 0.1) is 12.3 Å². The highest BCUT2D eigenvalue weighted by Gasteiger charge is 2.24. The van der Waals surface area contributed by atoms with Crippen LogP contribution in [0.15, 0.2) is 35.4 Å². The molecule has 0 saturated carbocycles. The largest absolute Gasteiger partial charge is 0.0810 e. The Morgan fingerprint density at radius 2 is 1.46 bits per heavy atom. The third kappa shape index (κ3) is 10.3. The Bertz CT molecular complexity index is 800. The summed E-state index contributed by atoms with van der Waals surface area (Å²) in [6.07, 6.45) is 21.2. The molecule has 0 fully saturated rings. The van der Waals surface area contributed by atoms with Crippen LogP contribution in [0.5, 0.6) is 0 Å². The molecule has 0 heterocycles. The Morgan fingerprint density at radius 1 is 0.800 bits per heavy atom. The van der Waals surface area contributed by atoms with Crippen molar-refractivity contribution in [2.24, 2.45) is 5.41 Å². The van der Waals surface area contributed by atoms with E-state index in [2.05, 4.69) is 93.5 Å². The number of allylic oxidation sites excluding steroid dienone is 4. The fourth-order valence-corrected chi connectivity index (χ4v) is 5.90. The third-order valence-corrected chi connectivity index (χ3v) is 8.12. The van der Waals surface area contributed by atoms with Crippen LogP contribution >= 0.6 is 0 Å². The van der Waals surface area contributed by atoms with Gasteiger partial charge in [-0.05, 0) is 97.8 Å². The van der Waals surface area contributed by atoms with Gasteiger partial charge in [0, 0.05) is 0 Å². The van der Waals surface area contributed by atoms with E-state index in [1.807, 2.05) is 0 Å². The Kier molecular flexibility index (Phi) is 14.3. The van der Waals surface area contributed by atoms with E-state index >= 15 is 0 Å². The lowest BCUT2D eigenvalue weighted by molar-refractivity contribution is 0.392. The minimum absolute atomic E-state index is 0.252. The van der Waals surface area contributed by atoms with Gasteiger partial charge in [-0.25, -0.2) is 0 Å². The van der Waals surface area contributed by atoms with Gasteiger partial charge >= 0.3 is 0 Å². The van der Waals surface area contributed by atoms with Crippen molar-refractivity contribution < 1.29 is 0 Å². The van der Waals surface area contributed by atoms with Crippen LogP contribution in [-0.2, 0) is 18.3 Å². The summed E-state index contributed by atoms with van der Waals surface area (Å²) in [4.78, 5) is 0. The molecular formula is C35H60. The molecule has 0 amide bonds. The molecule has 0 aliphatic heterocycles. The lowest BCUT2D eigenvalue weighted by atomic mass is 9.76. The van der Waals surface area contributed by atoms with E-state index in [9.17, 15) is 0 Å². The molecule has 1 aromatic carbocycles. The Labute approximate surface area is 221 Å². The SMILES string of the molecule is CCCCC(=C/CCc1cc(CCCC)cc(C(C)(C)CCC)c1C)/C=C(\CC)C(C)(C)CCC. The summed E-state index contributed by atoms with van der Waals surface area (Å²) in [5.74, 6) is 0. The van der Waals surface area contributed by atoms with Crippen LogP contribution in [-0.4, -0.2) is 0 Å². The summed E-state index contributed by atoms with van der Waals surface area (Å²) in [6, 6.07) is 5.08. The van der Waals surface area contributed by atoms with E-state index < -0.39 is 0 Å².